The minimum absolute atomic E-state index is 0.507. The molecule has 0 saturated heterocycles. The van der Waals surface area contributed by atoms with E-state index in [0.717, 1.165) is 0 Å². The van der Waals surface area contributed by atoms with E-state index in [1.165, 1.54) is 0 Å². The summed E-state index contributed by atoms with van der Waals surface area (Å²) in [6.45, 7) is 17.3. The second-order valence-corrected chi connectivity index (χ2v) is 12.5. The normalized spacial score (nSPS) is 12.6. The molecule has 0 atom stereocenters. The molecule has 1 nitrogen and oxygen atoms in total. The van der Waals surface area contributed by atoms with E-state index in [1.807, 2.05) is 12.2 Å². The Morgan fingerprint density at radius 3 is 1.85 bits per heavy atom. The van der Waals surface area contributed by atoms with Crippen molar-refractivity contribution in [3.05, 3.63) is 25.3 Å². The Morgan fingerprint density at radius 2 is 1.62 bits per heavy atom. The van der Waals surface area contributed by atoms with Crippen LogP contribution in [0.4, 0.5) is 0 Å². The van der Waals surface area contributed by atoms with Gasteiger partial charge in [0, 0.05) is 5.54 Å². The van der Waals surface area contributed by atoms with E-state index in [0.29, 0.717) is 5.54 Å². The molecule has 0 aromatic heterocycles. The van der Waals surface area contributed by atoms with E-state index < -0.39 is 17.2 Å². The molecule has 0 aliphatic carbocycles. The quantitative estimate of drug-likeness (QED) is 0.501. The molecule has 0 aliphatic rings. The standard InChI is InChI=1S/C10H23NSi2/c1-8-10(9-2)13(6,7)11(3)12(4)5/h8-10,12H,1-2H2,3-7H3. The van der Waals surface area contributed by atoms with Gasteiger partial charge in [-0.15, -0.1) is 13.2 Å². The summed E-state index contributed by atoms with van der Waals surface area (Å²) in [5.41, 5.74) is 0.507. The molecule has 0 amide bonds. The highest BCUT2D eigenvalue weighted by Gasteiger charge is 2.33. The van der Waals surface area contributed by atoms with E-state index in [9.17, 15) is 0 Å². The Labute approximate surface area is 85.9 Å². The van der Waals surface area contributed by atoms with Gasteiger partial charge in [0.1, 0.15) is 8.24 Å². The fourth-order valence-corrected chi connectivity index (χ4v) is 9.04. The van der Waals surface area contributed by atoms with Crippen LogP contribution in [0.5, 0.6) is 0 Å². The van der Waals surface area contributed by atoms with Gasteiger partial charge < -0.3 is 4.23 Å². The van der Waals surface area contributed by atoms with Crippen LogP contribution < -0.4 is 0 Å². The van der Waals surface area contributed by atoms with E-state index in [-0.39, 0.29) is 0 Å². The van der Waals surface area contributed by atoms with Crippen LogP contribution in [0.2, 0.25) is 31.7 Å². The van der Waals surface area contributed by atoms with E-state index >= 15 is 0 Å². The van der Waals surface area contributed by atoms with Gasteiger partial charge in [0.05, 0.1) is 8.96 Å². The Kier molecular flexibility index (Phi) is 4.88. The van der Waals surface area contributed by atoms with Crippen molar-refractivity contribution in [3.63, 3.8) is 0 Å². The second-order valence-electron chi connectivity index (χ2n) is 4.36. The first kappa shape index (κ1) is 12.9. The van der Waals surface area contributed by atoms with E-state index in [1.54, 1.807) is 0 Å². The lowest BCUT2D eigenvalue weighted by atomic mass is 10.4. The molecule has 0 saturated carbocycles. The Morgan fingerprint density at radius 1 is 1.23 bits per heavy atom. The molecule has 0 N–H and O–H groups in total. The molecule has 0 aromatic rings. The van der Waals surface area contributed by atoms with Crippen molar-refractivity contribution in [2.24, 2.45) is 0 Å². The van der Waals surface area contributed by atoms with Crippen LogP contribution in [0.25, 0.3) is 0 Å². The summed E-state index contributed by atoms with van der Waals surface area (Å²) in [7, 11) is 0.253. The van der Waals surface area contributed by atoms with Gasteiger partial charge in [0.2, 0.25) is 0 Å². The van der Waals surface area contributed by atoms with Gasteiger partial charge in [-0.3, -0.25) is 0 Å². The molecule has 0 aromatic carbocycles. The van der Waals surface area contributed by atoms with Crippen molar-refractivity contribution in [2.45, 2.75) is 31.7 Å². The van der Waals surface area contributed by atoms with Crippen LogP contribution in [0.3, 0.4) is 0 Å². The smallest absolute Gasteiger partial charge is 0.125 e. The number of hydrogen-bond acceptors (Lipinski definition) is 1. The average molecular weight is 213 g/mol. The summed E-state index contributed by atoms with van der Waals surface area (Å²) in [6, 6.07) is 0. The summed E-state index contributed by atoms with van der Waals surface area (Å²) in [5.74, 6) is 0. The Balaban J connectivity index is 4.70. The summed E-state index contributed by atoms with van der Waals surface area (Å²) in [6.07, 6.45) is 4.10. The van der Waals surface area contributed by atoms with Crippen molar-refractivity contribution < 1.29 is 0 Å². The van der Waals surface area contributed by atoms with Gasteiger partial charge in [-0.05, 0) is 7.05 Å². The molecule has 0 unspecified atom stereocenters. The van der Waals surface area contributed by atoms with Gasteiger partial charge in [0.25, 0.3) is 0 Å². The predicted molar refractivity (Wildman–Crippen MR) is 68.3 cm³/mol. The molecular weight excluding hydrogens is 190 g/mol. The highest BCUT2D eigenvalue weighted by Crippen LogP contribution is 2.27. The highest BCUT2D eigenvalue weighted by molar-refractivity contribution is 6.85. The fourth-order valence-electron chi connectivity index (χ4n) is 1.57. The average Bonchev–Trinajstić information content (AvgIpc) is 2.04. The van der Waals surface area contributed by atoms with Crippen molar-refractivity contribution in [2.75, 3.05) is 7.05 Å². The molecule has 0 heterocycles. The molecular formula is C10H23NSi2. The maximum atomic E-state index is 3.89. The van der Waals surface area contributed by atoms with Crippen LogP contribution >= 0.6 is 0 Å². The van der Waals surface area contributed by atoms with E-state index in [4.69, 9.17) is 0 Å². The molecule has 76 valence electrons. The molecule has 0 rings (SSSR count). The molecule has 0 radical (unpaired) electrons. The zero-order valence-electron chi connectivity index (χ0n) is 9.67. The predicted octanol–water partition coefficient (Wildman–Crippen LogP) is 2.85. The SMILES string of the molecule is C=CC(C=C)[Si](C)(C)N(C)[SiH](C)C. The summed E-state index contributed by atoms with van der Waals surface area (Å²) in [5, 5.41) is 0. The highest BCUT2D eigenvalue weighted by atomic mass is 28.4. The van der Waals surface area contributed by atoms with Crippen molar-refractivity contribution in [1.82, 2.24) is 4.23 Å². The minimum Gasteiger partial charge on any atom is -0.350 e. The maximum Gasteiger partial charge on any atom is 0.125 e. The first-order chi connectivity index (χ1) is 5.87. The van der Waals surface area contributed by atoms with Gasteiger partial charge in [-0.1, -0.05) is 38.3 Å². The van der Waals surface area contributed by atoms with Crippen molar-refractivity contribution in [3.8, 4) is 0 Å². The second kappa shape index (κ2) is 4.93. The maximum absolute atomic E-state index is 3.89. The third-order valence-electron chi connectivity index (χ3n) is 3.01. The molecule has 0 fully saturated rings. The molecule has 0 bridgehead atoms. The zero-order valence-corrected chi connectivity index (χ0v) is 11.8. The summed E-state index contributed by atoms with van der Waals surface area (Å²) in [4.78, 5) is 0. The van der Waals surface area contributed by atoms with Gasteiger partial charge in [0.15, 0.2) is 0 Å². The Hall–Kier alpha value is -0.126. The monoisotopic (exact) mass is 213 g/mol. The number of allylic oxidation sites excluding steroid dienone is 2. The van der Waals surface area contributed by atoms with Crippen molar-refractivity contribution >= 4 is 17.2 Å². The first-order valence-electron chi connectivity index (χ1n) is 4.86. The molecule has 0 aliphatic heterocycles. The summed E-state index contributed by atoms with van der Waals surface area (Å²) < 4.78 is 2.63. The fraction of sp³-hybridized carbons (Fsp3) is 0.600. The first-order valence-corrected chi connectivity index (χ1v) is 10.7. The van der Waals surface area contributed by atoms with Gasteiger partial charge >= 0.3 is 0 Å². The van der Waals surface area contributed by atoms with Crippen molar-refractivity contribution in [1.29, 1.82) is 0 Å². The minimum atomic E-state index is -1.34. The van der Waals surface area contributed by atoms with Crippen LogP contribution in [-0.2, 0) is 0 Å². The number of rotatable bonds is 5. The molecule has 0 spiro atoms. The van der Waals surface area contributed by atoms with Crippen LogP contribution in [0, 0.1) is 0 Å². The van der Waals surface area contributed by atoms with Crippen LogP contribution in [-0.4, -0.2) is 28.5 Å². The number of nitrogens with zero attached hydrogens (tertiary/aromatic N) is 1. The molecule has 3 heteroatoms. The Bertz CT molecular complexity index is 179. The topological polar surface area (TPSA) is 3.24 Å². The third kappa shape index (κ3) is 2.93. The molecule has 13 heavy (non-hydrogen) atoms. The lowest BCUT2D eigenvalue weighted by Crippen LogP contribution is -2.54. The van der Waals surface area contributed by atoms with Crippen LogP contribution in [0.1, 0.15) is 0 Å². The van der Waals surface area contributed by atoms with Crippen LogP contribution in [0.15, 0.2) is 25.3 Å². The van der Waals surface area contributed by atoms with Gasteiger partial charge in [-0.25, -0.2) is 0 Å². The lowest BCUT2D eigenvalue weighted by molar-refractivity contribution is 0.762. The van der Waals surface area contributed by atoms with E-state index in [2.05, 4.69) is 50.6 Å². The third-order valence-corrected chi connectivity index (χ3v) is 12.0. The largest absolute Gasteiger partial charge is 0.350 e. The lowest BCUT2D eigenvalue weighted by Gasteiger charge is -2.40. The zero-order chi connectivity index (χ0) is 10.6. The summed E-state index contributed by atoms with van der Waals surface area (Å²) >= 11 is 0. The number of hydrogen-bond donors (Lipinski definition) is 0. The van der Waals surface area contributed by atoms with Gasteiger partial charge in [-0.2, -0.15) is 0 Å².